The third-order valence-corrected chi connectivity index (χ3v) is 3.39. The first kappa shape index (κ1) is 17.7. The average molecular weight is 288 g/mol. The van der Waals surface area contributed by atoms with E-state index in [4.69, 9.17) is 4.74 Å². The number of unbranched alkanes of at least 4 members (excludes halogenated alkanes) is 1. The van der Waals surface area contributed by atoms with Crippen molar-refractivity contribution in [2.75, 3.05) is 6.61 Å². The maximum atomic E-state index is 10.2. The molecule has 0 aliphatic heterocycles. The molecule has 0 aliphatic carbocycles. The van der Waals surface area contributed by atoms with Crippen molar-refractivity contribution in [2.24, 2.45) is 5.92 Å². The molecule has 0 heterocycles. The summed E-state index contributed by atoms with van der Waals surface area (Å²) in [4.78, 5) is 0. The van der Waals surface area contributed by atoms with Crippen LogP contribution >= 0.6 is 0 Å². The van der Waals surface area contributed by atoms with Gasteiger partial charge in [-0.05, 0) is 30.4 Å². The number of benzene rings is 1. The number of hydrogen-bond acceptors (Lipinski definition) is 2. The fourth-order valence-electron chi connectivity index (χ4n) is 2.06. The lowest BCUT2D eigenvalue weighted by atomic mass is 9.95. The fraction of sp³-hybridized carbons (Fsp3) is 0.526. The van der Waals surface area contributed by atoms with E-state index in [9.17, 15) is 5.11 Å². The van der Waals surface area contributed by atoms with Crippen LogP contribution in [0.15, 0.2) is 47.7 Å². The van der Waals surface area contributed by atoms with Gasteiger partial charge in [-0.3, -0.25) is 0 Å². The molecule has 2 nitrogen and oxygen atoms in total. The van der Waals surface area contributed by atoms with Crippen LogP contribution in [-0.4, -0.2) is 17.8 Å². The van der Waals surface area contributed by atoms with E-state index in [1.54, 1.807) is 0 Å². The van der Waals surface area contributed by atoms with Crippen LogP contribution < -0.4 is 0 Å². The van der Waals surface area contributed by atoms with Gasteiger partial charge in [-0.25, -0.2) is 0 Å². The molecule has 116 valence electrons. The summed E-state index contributed by atoms with van der Waals surface area (Å²) in [6.07, 6.45) is 4.61. The van der Waals surface area contributed by atoms with E-state index >= 15 is 0 Å². The zero-order valence-corrected chi connectivity index (χ0v) is 13.5. The Morgan fingerprint density at radius 1 is 1.29 bits per heavy atom. The predicted octanol–water partition coefficient (Wildman–Crippen LogP) is 4.49. The minimum absolute atomic E-state index is 0.225. The Hall–Kier alpha value is -1.34. The summed E-state index contributed by atoms with van der Waals surface area (Å²) in [6, 6.07) is 10.1. The molecule has 0 aliphatic rings. The number of hydrogen-bond donors (Lipinski definition) is 1. The quantitative estimate of drug-likeness (QED) is 0.536. The molecule has 0 spiro atoms. The maximum absolute atomic E-state index is 10.2. The molecule has 0 saturated heterocycles. The Bertz CT molecular complexity index is 442. The highest BCUT2D eigenvalue weighted by atomic mass is 16.5. The molecule has 1 atom stereocenters. The maximum Gasteiger partial charge on any atom is 0.0846 e. The van der Waals surface area contributed by atoms with Gasteiger partial charge in [0.25, 0.3) is 0 Å². The third-order valence-electron chi connectivity index (χ3n) is 3.39. The minimum Gasteiger partial charge on any atom is -0.388 e. The molecule has 21 heavy (non-hydrogen) atoms. The van der Waals surface area contributed by atoms with Crippen LogP contribution in [0, 0.1) is 5.92 Å². The summed E-state index contributed by atoms with van der Waals surface area (Å²) >= 11 is 0. The molecule has 2 heteroatoms. The highest BCUT2D eigenvalue weighted by Gasteiger charge is 2.13. The smallest absolute Gasteiger partial charge is 0.0846 e. The number of rotatable bonds is 9. The van der Waals surface area contributed by atoms with Crippen molar-refractivity contribution >= 4 is 0 Å². The first-order valence-corrected chi connectivity index (χ1v) is 7.88. The molecule has 0 unspecified atom stereocenters. The van der Waals surface area contributed by atoms with E-state index in [0.29, 0.717) is 13.2 Å². The van der Waals surface area contributed by atoms with E-state index in [2.05, 4.69) is 24.8 Å². The number of ether oxygens (including phenoxy) is 1. The average Bonchev–Trinajstić information content (AvgIpc) is 2.50. The van der Waals surface area contributed by atoms with Gasteiger partial charge in [0.05, 0.1) is 19.3 Å². The molecule has 0 saturated carbocycles. The van der Waals surface area contributed by atoms with E-state index in [0.717, 1.165) is 24.8 Å². The van der Waals surface area contributed by atoms with Gasteiger partial charge in [0.15, 0.2) is 0 Å². The second kappa shape index (κ2) is 10.4. The van der Waals surface area contributed by atoms with E-state index in [1.807, 2.05) is 38.1 Å². The number of aliphatic hydroxyl groups is 1. The first-order valence-electron chi connectivity index (χ1n) is 7.88. The van der Waals surface area contributed by atoms with Crippen LogP contribution in [-0.2, 0) is 11.3 Å². The van der Waals surface area contributed by atoms with Crippen LogP contribution in [0.1, 0.15) is 45.6 Å². The van der Waals surface area contributed by atoms with Crippen molar-refractivity contribution in [3.05, 3.63) is 53.3 Å². The van der Waals surface area contributed by atoms with E-state index in [1.165, 1.54) is 5.56 Å². The lowest BCUT2D eigenvalue weighted by Crippen LogP contribution is -2.17. The van der Waals surface area contributed by atoms with Gasteiger partial charge in [0.1, 0.15) is 0 Å². The van der Waals surface area contributed by atoms with Crippen molar-refractivity contribution in [2.45, 2.75) is 52.7 Å². The van der Waals surface area contributed by atoms with Crippen LogP contribution in [0.25, 0.3) is 0 Å². The number of aliphatic hydroxyl groups excluding tert-OH is 1. The molecule has 1 aromatic carbocycles. The second-order valence-electron chi connectivity index (χ2n) is 5.67. The van der Waals surface area contributed by atoms with Crippen LogP contribution in [0.3, 0.4) is 0 Å². The van der Waals surface area contributed by atoms with Crippen LogP contribution in [0.5, 0.6) is 0 Å². The normalized spacial score (nSPS) is 12.0. The Kier molecular flexibility index (Phi) is 8.77. The lowest BCUT2D eigenvalue weighted by Gasteiger charge is -2.16. The molecular weight excluding hydrogens is 260 g/mol. The van der Waals surface area contributed by atoms with Gasteiger partial charge in [-0.2, -0.15) is 0 Å². The largest absolute Gasteiger partial charge is 0.388 e. The molecule has 0 amide bonds. The zero-order valence-electron chi connectivity index (χ0n) is 13.5. The predicted molar refractivity (Wildman–Crippen MR) is 88.1 cm³/mol. The zero-order chi connectivity index (χ0) is 15.5. The van der Waals surface area contributed by atoms with Gasteiger partial charge in [0, 0.05) is 5.57 Å². The Morgan fingerprint density at radius 2 is 2.00 bits per heavy atom. The van der Waals surface area contributed by atoms with Crippen molar-refractivity contribution in [1.29, 1.82) is 0 Å². The van der Waals surface area contributed by atoms with Crippen molar-refractivity contribution in [3.8, 4) is 0 Å². The summed E-state index contributed by atoms with van der Waals surface area (Å²) in [5.74, 6) is 0.225. The van der Waals surface area contributed by atoms with E-state index < -0.39 is 6.10 Å². The Labute approximate surface area is 129 Å². The fourth-order valence-corrected chi connectivity index (χ4v) is 2.06. The standard InChI is InChI=1S/C19H28O2/c1-4-5-12-18(19(20)16(2)3)13-9-14-21-15-17-10-7-6-8-11-17/h6-11,16,19-20H,4-5,12,14-15H2,1-3H3/t13?,19-/m0/s1. The highest BCUT2D eigenvalue weighted by Crippen LogP contribution is 2.17. The monoisotopic (exact) mass is 288 g/mol. The van der Waals surface area contributed by atoms with Gasteiger partial charge in [0.2, 0.25) is 0 Å². The van der Waals surface area contributed by atoms with Crippen LogP contribution in [0.2, 0.25) is 0 Å². The molecule has 0 radical (unpaired) electrons. The summed E-state index contributed by atoms with van der Waals surface area (Å²) in [5, 5.41) is 10.2. The third kappa shape index (κ3) is 7.29. The summed E-state index contributed by atoms with van der Waals surface area (Å²) < 4.78 is 5.60. The van der Waals surface area contributed by atoms with Crippen molar-refractivity contribution in [3.63, 3.8) is 0 Å². The SMILES string of the molecule is CCCCC(=C=CCOCc1ccccc1)[C@@H](O)C(C)C. The molecule has 0 bridgehead atoms. The molecule has 1 N–H and O–H groups in total. The molecule has 1 rings (SSSR count). The molecule has 1 aromatic rings. The Balaban J connectivity index is 2.50. The molecular formula is C19H28O2. The first-order chi connectivity index (χ1) is 10.1. The second-order valence-corrected chi connectivity index (χ2v) is 5.67. The summed E-state index contributed by atoms with van der Waals surface area (Å²) in [7, 11) is 0. The van der Waals surface area contributed by atoms with Crippen molar-refractivity contribution in [1.82, 2.24) is 0 Å². The lowest BCUT2D eigenvalue weighted by molar-refractivity contribution is 0.148. The minimum atomic E-state index is -0.401. The van der Waals surface area contributed by atoms with Gasteiger partial charge in [-0.15, -0.1) is 5.73 Å². The van der Waals surface area contributed by atoms with Gasteiger partial charge >= 0.3 is 0 Å². The van der Waals surface area contributed by atoms with Crippen LogP contribution in [0.4, 0.5) is 0 Å². The van der Waals surface area contributed by atoms with Gasteiger partial charge < -0.3 is 9.84 Å². The highest BCUT2D eigenvalue weighted by molar-refractivity contribution is 5.13. The summed E-state index contributed by atoms with van der Waals surface area (Å²) in [6.45, 7) is 7.35. The topological polar surface area (TPSA) is 29.5 Å². The van der Waals surface area contributed by atoms with Gasteiger partial charge in [-0.1, -0.05) is 57.5 Å². The molecule has 0 aromatic heterocycles. The Morgan fingerprint density at radius 3 is 2.62 bits per heavy atom. The molecule has 0 fully saturated rings. The summed E-state index contributed by atoms with van der Waals surface area (Å²) in [5.41, 5.74) is 5.40. The van der Waals surface area contributed by atoms with Crippen molar-refractivity contribution < 1.29 is 9.84 Å². The van der Waals surface area contributed by atoms with E-state index in [-0.39, 0.29) is 5.92 Å².